The molecule has 2 fully saturated rings. The topological polar surface area (TPSA) is 26.3 Å². The van der Waals surface area contributed by atoms with Crippen molar-refractivity contribution in [1.29, 1.82) is 0 Å². The number of fused-ring (bicyclic) bond motifs is 5. The maximum atomic E-state index is 12.7. The number of carbonyl (C=O) groups excluding carboxylic acids is 1. The average molecular weight is 501 g/mol. The first-order valence-corrected chi connectivity index (χ1v) is 15.0. The fraction of sp³-hybridized carbons (Fsp3) is 0.629. The summed E-state index contributed by atoms with van der Waals surface area (Å²) in [5.74, 6) is 3.75. The van der Waals surface area contributed by atoms with Gasteiger partial charge in [0.2, 0.25) is 0 Å². The van der Waals surface area contributed by atoms with Gasteiger partial charge < -0.3 is 4.74 Å². The van der Waals surface area contributed by atoms with Crippen LogP contribution in [0, 0.1) is 46.3 Å². The van der Waals surface area contributed by atoms with E-state index in [1.807, 2.05) is 30.3 Å². The van der Waals surface area contributed by atoms with E-state index in [0.29, 0.717) is 51.9 Å². The normalized spacial score (nSPS) is 36.7. The predicted octanol–water partition coefficient (Wildman–Crippen LogP) is 9.20. The number of esters is 1. The van der Waals surface area contributed by atoms with Gasteiger partial charge in [-0.3, -0.25) is 0 Å². The average Bonchev–Trinajstić information content (AvgIpc) is 3.25. The van der Waals surface area contributed by atoms with Crippen LogP contribution in [-0.2, 0) is 4.74 Å². The molecule has 0 N–H and O–H groups in total. The Kier molecular flexibility index (Phi) is 7.33. The molecule has 8 atom stereocenters. The van der Waals surface area contributed by atoms with Crippen molar-refractivity contribution in [2.24, 2.45) is 46.3 Å². The molecule has 200 valence electrons. The number of benzene rings is 1. The summed E-state index contributed by atoms with van der Waals surface area (Å²) in [6.07, 6.45) is 18.4. The van der Waals surface area contributed by atoms with Crippen LogP contribution >= 0.6 is 0 Å². The Hall–Kier alpha value is -2.09. The summed E-state index contributed by atoms with van der Waals surface area (Å²) in [6, 6.07) is 9.47. The van der Waals surface area contributed by atoms with Gasteiger partial charge in [-0.05, 0) is 115 Å². The molecule has 0 spiro atoms. The third-order valence-electron chi connectivity index (χ3n) is 11.2. The number of ether oxygens (including phenoxy) is 1. The smallest absolute Gasteiger partial charge is 0.338 e. The molecule has 0 bridgehead atoms. The van der Waals surface area contributed by atoms with Gasteiger partial charge in [0.25, 0.3) is 0 Å². The van der Waals surface area contributed by atoms with Gasteiger partial charge in [0, 0.05) is 0 Å². The highest BCUT2D eigenvalue weighted by atomic mass is 16.5. The molecule has 1 aromatic carbocycles. The van der Waals surface area contributed by atoms with Gasteiger partial charge in [-0.15, -0.1) is 0 Å². The minimum atomic E-state index is -0.164. The van der Waals surface area contributed by atoms with Crippen LogP contribution in [0.4, 0.5) is 0 Å². The van der Waals surface area contributed by atoms with E-state index in [1.165, 1.54) is 19.3 Å². The SMILES string of the molecule is CC(C)[C@@H](C)/C=C/[C@@H](C)[C@@H]1CC=C2C3=CC[C@H]4C[C@H](OC(=O)c5ccccc5)CC[C@]4(C)[C@H]3CC[C@@]21C. The minimum absolute atomic E-state index is 0.0468. The van der Waals surface area contributed by atoms with Gasteiger partial charge in [-0.25, -0.2) is 4.79 Å². The molecule has 2 heteroatoms. The van der Waals surface area contributed by atoms with Crippen LogP contribution in [0.5, 0.6) is 0 Å². The highest BCUT2D eigenvalue weighted by molar-refractivity contribution is 5.89. The number of carbonyl (C=O) groups is 1. The molecule has 1 aromatic rings. The molecule has 2 nitrogen and oxygen atoms in total. The highest BCUT2D eigenvalue weighted by Gasteiger charge is 2.55. The van der Waals surface area contributed by atoms with E-state index in [4.69, 9.17) is 4.74 Å². The lowest BCUT2D eigenvalue weighted by Gasteiger charge is -2.56. The number of hydrogen-bond acceptors (Lipinski definition) is 2. The van der Waals surface area contributed by atoms with Crippen molar-refractivity contribution in [1.82, 2.24) is 0 Å². The molecule has 0 saturated heterocycles. The van der Waals surface area contributed by atoms with E-state index < -0.39 is 0 Å². The second kappa shape index (κ2) is 10.2. The Labute approximate surface area is 225 Å². The standard InChI is InChI=1S/C35H48O2/c1-23(2)24(3)12-13-25(4)30-16-17-31-29-15-14-27-22-28(37-33(36)26-10-8-7-9-11-26)18-20-34(27,5)32(29)19-21-35(30,31)6/h7-13,15,17,23-25,27-28,30,32H,14,16,18-22H2,1-6H3/b13-12+/t24-,25+,27-,28+,30-,32-,34-,35+/m0/s1. The van der Waals surface area contributed by atoms with Crippen LogP contribution in [0.2, 0.25) is 0 Å². The predicted molar refractivity (Wildman–Crippen MR) is 153 cm³/mol. The van der Waals surface area contributed by atoms with Crippen LogP contribution in [0.3, 0.4) is 0 Å². The Morgan fingerprint density at radius 1 is 0.973 bits per heavy atom. The maximum absolute atomic E-state index is 12.7. The van der Waals surface area contributed by atoms with Crippen molar-refractivity contribution in [2.75, 3.05) is 0 Å². The molecule has 37 heavy (non-hydrogen) atoms. The fourth-order valence-corrected chi connectivity index (χ4v) is 8.31. The molecule has 2 saturated carbocycles. The number of rotatable bonds is 6. The van der Waals surface area contributed by atoms with Gasteiger partial charge in [-0.2, -0.15) is 0 Å². The summed E-state index contributed by atoms with van der Waals surface area (Å²) < 4.78 is 6.01. The van der Waals surface area contributed by atoms with Crippen molar-refractivity contribution >= 4 is 5.97 Å². The lowest BCUT2D eigenvalue weighted by molar-refractivity contribution is -0.0405. The van der Waals surface area contributed by atoms with Gasteiger partial charge in [0.15, 0.2) is 0 Å². The second-order valence-electron chi connectivity index (χ2n) is 13.6. The van der Waals surface area contributed by atoms with E-state index >= 15 is 0 Å². The second-order valence-corrected chi connectivity index (χ2v) is 13.6. The van der Waals surface area contributed by atoms with Gasteiger partial charge in [-0.1, -0.05) is 84.0 Å². The fourth-order valence-electron chi connectivity index (χ4n) is 8.31. The zero-order valence-corrected chi connectivity index (χ0v) is 24.0. The van der Waals surface area contributed by atoms with E-state index in [-0.39, 0.29) is 12.1 Å². The molecular weight excluding hydrogens is 452 g/mol. The van der Waals surface area contributed by atoms with E-state index in [0.717, 1.165) is 25.7 Å². The van der Waals surface area contributed by atoms with Crippen molar-refractivity contribution in [3.05, 3.63) is 71.3 Å². The Balaban J connectivity index is 1.29. The minimum Gasteiger partial charge on any atom is -0.459 e. The largest absolute Gasteiger partial charge is 0.459 e. The summed E-state index contributed by atoms with van der Waals surface area (Å²) >= 11 is 0. The van der Waals surface area contributed by atoms with E-state index in [2.05, 4.69) is 65.8 Å². The van der Waals surface area contributed by atoms with Crippen molar-refractivity contribution in [3.63, 3.8) is 0 Å². The van der Waals surface area contributed by atoms with E-state index in [1.54, 1.807) is 11.1 Å². The van der Waals surface area contributed by atoms with Crippen molar-refractivity contribution < 1.29 is 9.53 Å². The zero-order chi connectivity index (χ0) is 26.4. The quantitative estimate of drug-likeness (QED) is 0.287. The lowest BCUT2D eigenvalue weighted by Crippen LogP contribution is -2.48. The first-order valence-electron chi connectivity index (χ1n) is 15.0. The van der Waals surface area contributed by atoms with Gasteiger partial charge in [0.1, 0.15) is 6.10 Å². The molecule has 4 aliphatic rings. The molecule has 0 aromatic heterocycles. The van der Waals surface area contributed by atoms with Crippen LogP contribution in [0.1, 0.15) is 96.8 Å². The highest BCUT2D eigenvalue weighted by Crippen LogP contribution is 2.65. The first kappa shape index (κ1) is 26.5. The molecule has 0 amide bonds. The van der Waals surface area contributed by atoms with Crippen LogP contribution in [0.25, 0.3) is 0 Å². The number of hydrogen-bond donors (Lipinski definition) is 0. The lowest BCUT2D eigenvalue weighted by atomic mass is 9.48. The molecule has 4 aliphatic carbocycles. The van der Waals surface area contributed by atoms with E-state index in [9.17, 15) is 4.79 Å². The van der Waals surface area contributed by atoms with Crippen LogP contribution < -0.4 is 0 Å². The maximum Gasteiger partial charge on any atom is 0.338 e. The molecule has 0 aliphatic heterocycles. The molecular formula is C35H48O2. The summed E-state index contributed by atoms with van der Waals surface area (Å²) in [5, 5.41) is 0. The first-order chi connectivity index (χ1) is 17.6. The van der Waals surface area contributed by atoms with Crippen LogP contribution in [-0.4, -0.2) is 12.1 Å². The van der Waals surface area contributed by atoms with Gasteiger partial charge >= 0.3 is 5.97 Å². The summed E-state index contributed by atoms with van der Waals surface area (Å²) in [5.41, 5.74) is 4.65. The molecule has 0 radical (unpaired) electrons. The van der Waals surface area contributed by atoms with Crippen molar-refractivity contribution in [3.8, 4) is 0 Å². The molecule has 5 rings (SSSR count). The third kappa shape index (κ3) is 4.79. The Morgan fingerprint density at radius 3 is 2.46 bits per heavy atom. The van der Waals surface area contributed by atoms with Crippen molar-refractivity contribution in [2.45, 2.75) is 92.6 Å². The number of allylic oxidation sites excluding steroid dienone is 6. The molecule has 0 unspecified atom stereocenters. The summed E-state index contributed by atoms with van der Waals surface area (Å²) in [4.78, 5) is 12.7. The monoisotopic (exact) mass is 500 g/mol. The third-order valence-corrected chi connectivity index (χ3v) is 11.2. The summed E-state index contributed by atoms with van der Waals surface area (Å²) in [7, 11) is 0. The Bertz CT molecular complexity index is 1080. The van der Waals surface area contributed by atoms with Crippen LogP contribution in [0.15, 0.2) is 65.8 Å². The van der Waals surface area contributed by atoms with Gasteiger partial charge in [0.05, 0.1) is 5.56 Å². The zero-order valence-electron chi connectivity index (χ0n) is 24.0. The Morgan fingerprint density at radius 2 is 1.73 bits per heavy atom. The summed E-state index contributed by atoms with van der Waals surface area (Å²) in [6.45, 7) is 14.6. The molecule has 0 heterocycles.